The summed E-state index contributed by atoms with van der Waals surface area (Å²) in [7, 11) is 1.22. The van der Waals surface area contributed by atoms with Crippen LogP contribution < -0.4 is 10.6 Å². The van der Waals surface area contributed by atoms with Crippen LogP contribution in [0, 0.1) is 17.2 Å². The molecule has 0 spiro atoms. The Labute approximate surface area is 125 Å². The molecule has 7 heteroatoms. The molecule has 0 aliphatic heterocycles. The molecule has 2 atom stereocenters. The van der Waals surface area contributed by atoms with Crippen LogP contribution in [0.4, 0.5) is 0 Å². The van der Waals surface area contributed by atoms with E-state index in [-0.39, 0.29) is 24.7 Å². The summed E-state index contributed by atoms with van der Waals surface area (Å²) in [6.45, 7) is 5.18. The first-order valence-corrected chi connectivity index (χ1v) is 6.84. The quantitative estimate of drug-likeness (QED) is 0.634. The van der Waals surface area contributed by atoms with E-state index in [4.69, 9.17) is 5.26 Å². The van der Waals surface area contributed by atoms with E-state index in [9.17, 15) is 14.4 Å². The number of methoxy groups -OCH3 is 1. The highest BCUT2D eigenvalue weighted by Crippen LogP contribution is 2.07. The maximum Gasteiger partial charge on any atom is 0.328 e. The summed E-state index contributed by atoms with van der Waals surface area (Å²) in [5.74, 6) is -1.18. The molecule has 7 nitrogen and oxygen atoms in total. The Morgan fingerprint density at radius 2 is 1.81 bits per heavy atom. The second kappa shape index (κ2) is 9.75. The number of ether oxygens (including phenoxy) is 1. The Hall–Kier alpha value is -2.10. The standard InChI is InChI=1S/C14H23N3O4/c1-9(2)8-12(16-10(3)18)13(19)17-11(6-5-7-15)14(20)21-4/h9,11-12H,5-6,8H2,1-4H3,(H,16,18)(H,17,19)/t11-,12-/m0/s1. The van der Waals surface area contributed by atoms with Gasteiger partial charge in [-0.25, -0.2) is 4.79 Å². The predicted molar refractivity (Wildman–Crippen MR) is 75.9 cm³/mol. The van der Waals surface area contributed by atoms with Gasteiger partial charge >= 0.3 is 5.97 Å². The molecule has 0 unspecified atom stereocenters. The minimum absolute atomic E-state index is 0.120. The van der Waals surface area contributed by atoms with Gasteiger partial charge in [-0.2, -0.15) is 5.26 Å². The molecule has 0 aliphatic carbocycles. The summed E-state index contributed by atoms with van der Waals surface area (Å²) in [5, 5.41) is 13.7. The van der Waals surface area contributed by atoms with Crippen LogP contribution in [0.5, 0.6) is 0 Å². The van der Waals surface area contributed by atoms with Crippen LogP contribution in [0.3, 0.4) is 0 Å². The van der Waals surface area contributed by atoms with Crippen molar-refractivity contribution in [1.29, 1.82) is 5.26 Å². The zero-order valence-corrected chi connectivity index (χ0v) is 12.9. The number of esters is 1. The molecule has 0 radical (unpaired) electrons. The van der Waals surface area contributed by atoms with Crippen molar-refractivity contribution in [3.63, 3.8) is 0 Å². The molecule has 0 fully saturated rings. The number of hydrogen-bond donors (Lipinski definition) is 2. The second-order valence-electron chi connectivity index (χ2n) is 5.16. The van der Waals surface area contributed by atoms with E-state index >= 15 is 0 Å². The maximum atomic E-state index is 12.2. The van der Waals surface area contributed by atoms with Gasteiger partial charge in [0.1, 0.15) is 12.1 Å². The topological polar surface area (TPSA) is 108 Å². The van der Waals surface area contributed by atoms with Crippen molar-refractivity contribution in [2.45, 2.75) is 52.1 Å². The zero-order valence-electron chi connectivity index (χ0n) is 12.9. The van der Waals surface area contributed by atoms with Crippen molar-refractivity contribution in [1.82, 2.24) is 10.6 Å². The third-order valence-electron chi connectivity index (χ3n) is 2.75. The van der Waals surface area contributed by atoms with Gasteiger partial charge < -0.3 is 15.4 Å². The van der Waals surface area contributed by atoms with Crippen LogP contribution in [0.25, 0.3) is 0 Å². The monoisotopic (exact) mass is 297 g/mol. The molecule has 21 heavy (non-hydrogen) atoms. The van der Waals surface area contributed by atoms with Crippen LogP contribution in [-0.4, -0.2) is 37.0 Å². The number of nitriles is 1. The summed E-state index contributed by atoms with van der Waals surface area (Å²) < 4.78 is 4.60. The van der Waals surface area contributed by atoms with Gasteiger partial charge in [0.25, 0.3) is 0 Å². The number of carbonyl (C=O) groups excluding carboxylic acids is 3. The van der Waals surface area contributed by atoms with Gasteiger partial charge in [-0.1, -0.05) is 13.8 Å². The molecule has 0 heterocycles. The average molecular weight is 297 g/mol. The molecule has 0 aromatic heterocycles. The maximum absolute atomic E-state index is 12.2. The lowest BCUT2D eigenvalue weighted by atomic mass is 10.0. The highest BCUT2D eigenvalue weighted by atomic mass is 16.5. The van der Waals surface area contributed by atoms with Gasteiger partial charge in [0.2, 0.25) is 11.8 Å². The highest BCUT2D eigenvalue weighted by Gasteiger charge is 2.26. The molecule has 0 saturated heterocycles. The fourth-order valence-corrected chi connectivity index (χ4v) is 1.82. The Morgan fingerprint density at radius 1 is 1.19 bits per heavy atom. The molecular formula is C14H23N3O4. The third-order valence-corrected chi connectivity index (χ3v) is 2.75. The first-order valence-electron chi connectivity index (χ1n) is 6.84. The van der Waals surface area contributed by atoms with Crippen molar-refractivity contribution >= 4 is 17.8 Å². The van der Waals surface area contributed by atoms with Gasteiger partial charge in [-0.05, 0) is 18.8 Å². The van der Waals surface area contributed by atoms with Crippen molar-refractivity contribution in [2.24, 2.45) is 5.92 Å². The highest BCUT2D eigenvalue weighted by molar-refractivity contribution is 5.90. The van der Waals surface area contributed by atoms with Crippen LogP contribution in [-0.2, 0) is 19.1 Å². The number of hydrogen-bond acceptors (Lipinski definition) is 5. The second-order valence-corrected chi connectivity index (χ2v) is 5.16. The number of amides is 2. The number of nitrogens with zero attached hydrogens (tertiary/aromatic N) is 1. The Morgan fingerprint density at radius 3 is 2.24 bits per heavy atom. The van der Waals surface area contributed by atoms with Crippen molar-refractivity contribution in [3.05, 3.63) is 0 Å². The lowest BCUT2D eigenvalue weighted by Crippen LogP contribution is -2.51. The van der Waals surface area contributed by atoms with Gasteiger partial charge in [0, 0.05) is 13.3 Å². The van der Waals surface area contributed by atoms with E-state index < -0.39 is 24.0 Å². The first-order chi connectivity index (χ1) is 9.81. The van der Waals surface area contributed by atoms with Crippen molar-refractivity contribution < 1.29 is 19.1 Å². The van der Waals surface area contributed by atoms with Crippen LogP contribution >= 0.6 is 0 Å². The Balaban J connectivity index is 4.83. The molecule has 2 N–H and O–H groups in total. The van der Waals surface area contributed by atoms with Gasteiger partial charge in [0.15, 0.2) is 0 Å². The molecule has 0 saturated carbocycles. The van der Waals surface area contributed by atoms with Crippen molar-refractivity contribution in [3.8, 4) is 6.07 Å². The number of carbonyl (C=O) groups is 3. The Bertz CT molecular complexity index is 415. The third kappa shape index (κ3) is 7.92. The summed E-state index contributed by atoms with van der Waals surface area (Å²) in [4.78, 5) is 34.9. The fourth-order valence-electron chi connectivity index (χ4n) is 1.82. The number of rotatable bonds is 8. The molecule has 0 bridgehead atoms. The van der Waals surface area contributed by atoms with Gasteiger partial charge in [-0.15, -0.1) is 0 Å². The zero-order chi connectivity index (χ0) is 16.4. The first kappa shape index (κ1) is 18.9. The smallest absolute Gasteiger partial charge is 0.328 e. The van der Waals surface area contributed by atoms with E-state index in [1.54, 1.807) is 0 Å². The normalized spacial score (nSPS) is 13.0. The molecule has 0 aromatic carbocycles. The van der Waals surface area contributed by atoms with E-state index in [0.29, 0.717) is 6.42 Å². The van der Waals surface area contributed by atoms with Gasteiger partial charge in [-0.3, -0.25) is 9.59 Å². The summed E-state index contributed by atoms with van der Waals surface area (Å²) in [6, 6.07) is 0.320. The van der Waals surface area contributed by atoms with E-state index in [1.807, 2.05) is 19.9 Å². The fraction of sp³-hybridized carbons (Fsp3) is 0.714. The minimum atomic E-state index is -0.884. The molecule has 0 rings (SSSR count). The van der Waals surface area contributed by atoms with Crippen LogP contribution in [0.1, 0.15) is 40.0 Å². The Kier molecular flexibility index (Phi) is 8.77. The van der Waals surface area contributed by atoms with Crippen LogP contribution in [0.2, 0.25) is 0 Å². The molecule has 0 aliphatic rings. The summed E-state index contributed by atoms with van der Waals surface area (Å²) in [5.41, 5.74) is 0. The predicted octanol–water partition coefficient (Wildman–Crippen LogP) is 0.499. The molecule has 0 aromatic rings. The lowest BCUT2D eigenvalue weighted by Gasteiger charge is -2.22. The molecule has 2 amide bonds. The van der Waals surface area contributed by atoms with Crippen molar-refractivity contribution in [2.75, 3.05) is 7.11 Å². The number of nitrogens with one attached hydrogen (secondary N) is 2. The lowest BCUT2D eigenvalue weighted by molar-refractivity contribution is -0.145. The molecular weight excluding hydrogens is 274 g/mol. The minimum Gasteiger partial charge on any atom is -0.467 e. The van der Waals surface area contributed by atoms with E-state index in [1.165, 1.54) is 14.0 Å². The van der Waals surface area contributed by atoms with Crippen LogP contribution in [0.15, 0.2) is 0 Å². The summed E-state index contributed by atoms with van der Waals surface area (Å²) in [6.07, 6.45) is 0.746. The van der Waals surface area contributed by atoms with E-state index in [2.05, 4.69) is 15.4 Å². The summed E-state index contributed by atoms with van der Waals surface area (Å²) >= 11 is 0. The average Bonchev–Trinajstić information content (AvgIpc) is 2.40. The SMILES string of the molecule is COC(=O)[C@H](CCC#N)NC(=O)[C@H](CC(C)C)NC(C)=O. The molecule has 118 valence electrons. The largest absolute Gasteiger partial charge is 0.467 e. The van der Waals surface area contributed by atoms with Gasteiger partial charge in [0.05, 0.1) is 13.2 Å². The van der Waals surface area contributed by atoms with E-state index in [0.717, 1.165) is 0 Å².